The van der Waals surface area contributed by atoms with E-state index in [0.717, 1.165) is 18.4 Å². The van der Waals surface area contributed by atoms with Gasteiger partial charge in [-0.05, 0) is 43.4 Å². The number of carbonyl (C=O) groups is 1. The van der Waals surface area contributed by atoms with Crippen molar-refractivity contribution in [2.75, 3.05) is 13.2 Å². The largest absolute Gasteiger partial charge is 0.396 e. The molecule has 2 aromatic rings. The number of aryl methyl sites for hydroxylation is 1. The number of pyridine rings is 1. The van der Waals surface area contributed by atoms with E-state index in [1.807, 2.05) is 6.92 Å². The number of hydrogen-bond donors (Lipinski definition) is 2. The molecule has 0 aliphatic heterocycles. The molecule has 0 aromatic carbocycles. The molecule has 2 aromatic heterocycles. The van der Waals surface area contributed by atoms with Crippen LogP contribution in [0.2, 0.25) is 0 Å². The second-order valence-electron chi connectivity index (χ2n) is 5.79. The van der Waals surface area contributed by atoms with Crippen molar-refractivity contribution in [1.82, 2.24) is 14.7 Å². The quantitative estimate of drug-likeness (QED) is 0.811. The lowest BCUT2D eigenvalue weighted by molar-refractivity contribution is 0.0941. The van der Waals surface area contributed by atoms with Crippen molar-refractivity contribution in [3.05, 3.63) is 46.0 Å². The van der Waals surface area contributed by atoms with Crippen LogP contribution in [0.25, 0.3) is 5.65 Å². The van der Waals surface area contributed by atoms with E-state index >= 15 is 0 Å². The molecule has 0 aliphatic rings. The van der Waals surface area contributed by atoms with Crippen molar-refractivity contribution in [2.24, 2.45) is 5.92 Å². The van der Waals surface area contributed by atoms with Crippen LogP contribution in [0.3, 0.4) is 0 Å². The highest BCUT2D eigenvalue weighted by Gasteiger charge is 2.15. The first kappa shape index (κ1) is 17.1. The third-order valence-electron chi connectivity index (χ3n) is 3.90. The summed E-state index contributed by atoms with van der Waals surface area (Å²) in [5, 5.41) is 11.8. The van der Waals surface area contributed by atoms with E-state index in [2.05, 4.69) is 17.2 Å². The van der Waals surface area contributed by atoms with Crippen LogP contribution in [-0.2, 0) is 0 Å². The number of nitrogens with one attached hydrogen (secondary N) is 1. The second-order valence-corrected chi connectivity index (χ2v) is 5.79. The molecule has 0 saturated heterocycles. The van der Waals surface area contributed by atoms with Gasteiger partial charge in [0, 0.05) is 25.5 Å². The van der Waals surface area contributed by atoms with E-state index in [-0.39, 0.29) is 23.6 Å². The number of fused-ring (bicyclic) bond motifs is 1. The Kier molecular flexibility index (Phi) is 5.87. The lowest BCUT2D eigenvalue weighted by Gasteiger charge is -2.15. The van der Waals surface area contributed by atoms with Crippen LogP contribution in [-0.4, -0.2) is 33.6 Å². The minimum absolute atomic E-state index is 0.0330. The summed E-state index contributed by atoms with van der Waals surface area (Å²) in [5.74, 6) is -0.204. The summed E-state index contributed by atoms with van der Waals surface area (Å²) in [5.41, 5.74) is 1.18. The molecule has 2 N–H and O–H groups in total. The Morgan fingerprint density at radius 1 is 1.43 bits per heavy atom. The monoisotopic (exact) mass is 317 g/mol. The Bertz CT molecular complexity index is 733. The van der Waals surface area contributed by atoms with Gasteiger partial charge in [0.05, 0.1) is 0 Å². The molecule has 1 atom stereocenters. The van der Waals surface area contributed by atoms with Crippen LogP contribution in [0, 0.1) is 12.8 Å². The molecule has 1 amide bonds. The molecule has 2 heterocycles. The fraction of sp³-hybridized carbons (Fsp3) is 0.471. The van der Waals surface area contributed by atoms with Crippen molar-refractivity contribution < 1.29 is 9.90 Å². The Balaban J connectivity index is 2.16. The van der Waals surface area contributed by atoms with Gasteiger partial charge in [-0.2, -0.15) is 0 Å². The van der Waals surface area contributed by atoms with Gasteiger partial charge in [-0.3, -0.25) is 14.0 Å². The fourth-order valence-electron chi connectivity index (χ4n) is 2.60. The van der Waals surface area contributed by atoms with Gasteiger partial charge in [-0.25, -0.2) is 4.98 Å². The molecule has 0 radical (unpaired) electrons. The predicted octanol–water partition coefficient (Wildman–Crippen LogP) is 1.53. The van der Waals surface area contributed by atoms with Gasteiger partial charge in [-0.15, -0.1) is 0 Å². The maximum absolute atomic E-state index is 12.4. The lowest BCUT2D eigenvalue weighted by atomic mass is 10.0. The molecule has 23 heavy (non-hydrogen) atoms. The number of nitrogens with zero attached hydrogens (tertiary/aromatic N) is 2. The number of rotatable bonds is 7. The zero-order valence-corrected chi connectivity index (χ0v) is 13.6. The maximum atomic E-state index is 12.4. The fourth-order valence-corrected chi connectivity index (χ4v) is 2.60. The van der Waals surface area contributed by atoms with Crippen LogP contribution in [0.4, 0.5) is 0 Å². The summed E-state index contributed by atoms with van der Waals surface area (Å²) >= 11 is 0. The maximum Gasteiger partial charge on any atom is 0.270 e. The molecule has 1 unspecified atom stereocenters. The lowest BCUT2D eigenvalue weighted by Crippen LogP contribution is -2.34. The standard InChI is InChI=1S/C17H23N3O3/c1-3-4-13(6-8-21)10-19-16(22)14-11-18-15-9-12(2)5-7-20(15)17(14)23/h5,7,9,11,13,21H,3-4,6,8,10H2,1-2H3,(H,19,22). The van der Waals surface area contributed by atoms with Crippen LogP contribution in [0.5, 0.6) is 0 Å². The molecular weight excluding hydrogens is 294 g/mol. The number of aliphatic hydroxyl groups excluding tert-OH is 1. The zero-order chi connectivity index (χ0) is 16.8. The Morgan fingerprint density at radius 3 is 2.91 bits per heavy atom. The Hall–Kier alpha value is -2.21. The molecule has 0 aliphatic carbocycles. The van der Waals surface area contributed by atoms with Crippen molar-refractivity contribution >= 4 is 11.6 Å². The summed E-state index contributed by atoms with van der Waals surface area (Å²) in [6, 6.07) is 3.60. The highest BCUT2D eigenvalue weighted by atomic mass is 16.3. The van der Waals surface area contributed by atoms with Crippen molar-refractivity contribution in [3.63, 3.8) is 0 Å². The molecule has 124 valence electrons. The van der Waals surface area contributed by atoms with Gasteiger partial charge in [0.1, 0.15) is 11.2 Å². The summed E-state index contributed by atoms with van der Waals surface area (Å²) in [6.07, 6.45) is 5.51. The van der Waals surface area contributed by atoms with Gasteiger partial charge in [0.2, 0.25) is 0 Å². The van der Waals surface area contributed by atoms with Crippen LogP contribution < -0.4 is 10.9 Å². The first-order chi connectivity index (χ1) is 11.1. The number of aliphatic hydroxyl groups is 1. The van der Waals surface area contributed by atoms with Crippen LogP contribution >= 0.6 is 0 Å². The molecule has 0 spiro atoms. The predicted molar refractivity (Wildman–Crippen MR) is 88.6 cm³/mol. The molecule has 0 fully saturated rings. The van der Waals surface area contributed by atoms with E-state index in [1.54, 1.807) is 18.3 Å². The number of aromatic nitrogens is 2. The summed E-state index contributed by atoms with van der Waals surface area (Å²) in [4.78, 5) is 28.8. The number of amides is 1. The van der Waals surface area contributed by atoms with Crippen LogP contribution in [0.1, 0.15) is 42.1 Å². The molecule has 6 heteroatoms. The summed E-state index contributed by atoms with van der Waals surface area (Å²) in [6.45, 7) is 4.53. The molecular formula is C17H23N3O3. The first-order valence-corrected chi connectivity index (χ1v) is 7.94. The van der Waals surface area contributed by atoms with E-state index in [1.165, 1.54) is 10.6 Å². The third kappa shape index (κ3) is 4.16. The smallest absolute Gasteiger partial charge is 0.270 e. The van der Waals surface area contributed by atoms with Crippen LogP contribution in [0.15, 0.2) is 29.3 Å². The van der Waals surface area contributed by atoms with Gasteiger partial charge < -0.3 is 10.4 Å². The minimum atomic E-state index is -0.420. The average Bonchev–Trinajstić information content (AvgIpc) is 2.53. The minimum Gasteiger partial charge on any atom is -0.396 e. The molecule has 2 rings (SSSR count). The van der Waals surface area contributed by atoms with Crippen molar-refractivity contribution in [1.29, 1.82) is 0 Å². The molecule has 6 nitrogen and oxygen atoms in total. The van der Waals surface area contributed by atoms with Gasteiger partial charge in [0.25, 0.3) is 11.5 Å². The van der Waals surface area contributed by atoms with Gasteiger partial charge in [0.15, 0.2) is 0 Å². The zero-order valence-electron chi connectivity index (χ0n) is 13.6. The molecule has 0 saturated carbocycles. The van der Waals surface area contributed by atoms with Gasteiger partial charge >= 0.3 is 0 Å². The summed E-state index contributed by atoms with van der Waals surface area (Å²) in [7, 11) is 0. The second kappa shape index (κ2) is 7.87. The highest BCUT2D eigenvalue weighted by molar-refractivity contribution is 5.93. The van der Waals surface area contributed by atoms with Crippen molar-refractivity contribution in [3.8, 4) is 0 Å². The third-order valence-corrected chi connectivity index (χ3v) is 3.90. The molecule has 0 bridgehead atoms. The van der Waals surface area contributed by atoms with E-state index < -0.39 is 5.91 Å². The van der Waals surface area contributed by atoms with E-state index in [4.69, 9.17) is 5.11 Å². The highest BCUT2D eigenvalue weighted by Crippen LogP contribution is 2.09. The van der Waals surface area contributed by atoms with Crippen molar-refractivity contribution in [2.45, 2.75) is 33.1 Å². The van der Waals surface area contributed by atoms with E-state index in [9.17, 15) is 9.59 Å². The Labute approximate surface area is 135 Å². The first-order valence-electron chi connectivity index (χ1n) is 7.94. The number of hydrogen-bond acceptors (Lipinski definition) is 4. The average molecular weight is 317 g/mol. The topological polar surface area (TPSA) is 83.7 Å². The SMILES string of the molecule is CCCC(CCO)CNC(=O)c1cnc2cc(C)ccn2c1=O. The van der Waals surface area contributed by atoms with Gasteiger partial charge in [-0.1, -0.05) is 13.3 Å². The number of carbonyl (C=O) groups excluding carboxylic acids is 1. The Morgan fingerprint density at radius 2 is 2.22 bits per heavy atom. The summed E-state index contributed by atoms with van der Waals surface area (Å²) < 4.78 is 1.37. The normalized spacial score (nSPS) is 12.3. The van der Waals surface area contributed by atoms with E-state index in [0.29, 0.717) is 18.6 Å².